The lowest BCUT2D eigenvalue weighted by atomic mass is 9.90. The van der Waals surface area contributed by atoms with Crippen LogP contribution < -0.4 is 5.73 Å². The highest BCUT2D eigenvalue weighted by atomic mass is 32.1. The van der Waals surface area contributed by atoms with Crippen molar-refractivity contribution in [3.63, 3.8) is 0 Å². The van der Waals surface area contributed by atoms with Gasteiger partial charge in [-0.3, -0.25) is 0 Å². The van der Waals surface area contributed by atoms with E-state index in [-0.39, 0.29) is 0 Å². The van der Waals surface area contributed by atoms with Crippen LogP contribution in [0, 0.1) is 0 Å². The largest absolute Gasteiger partial charge is 0.385 e. The second-order valence-corrected chi connectivity index (χ2v) is 3.72. The summed E-state index contributed by atoms with van der Waals surface area (Å²) in [5.41, 5.74) is 5.74. The smallest absolute Gasteiger partial charge is 0.0914 e. The van der Waals surface area contributed by atoms with E-state index >= 15 is 0 Å². The predicted molar refractivity (Wildman–Crippen MR) is 52.2 cm³/mol. The highest BCUT2D eigenvalue weighted by Gasteiger charge is 2.26. The molecule has 0 radical (unpaired) electrons. The molecule has 12 heavy (non-hydrogen) atoms. The number of rotatable bonds is 4. The zero-order chi connectivity index (χ0) is 9.03. The highest BCUT2D eigenvalue weighted by Crippen LogP contribution is 2.29. The van der Waals surface area contributed by atoms with Gasteiger partial charge in [-0.1, -0.05) is 6.92 Å². The molecule has 1 unspecified atom stereocenters. The van der Waals surface area contributed by atoms with Crippen LogP contribution in [0.5, 0.6) is 0 Å². The minimum Gasteiger partial charge on any atom is -0.385 e. The van der Waals surface area contributed by atoms with Crippen molar-refractivity contribution in [1.82, 2.24) is 0 Å². The molecule has 1 rings (SSSR count). The first kappa shape index (κ1) is 9.71. The zero-order valence-electron chi connectivity index (χ0n) is 7.29. The molecular formula is C9H15NOS. The summed E-state index contributed by atoms with van der Waals surface area (Å²) < 4.78 is 0. The van der Waals surface area contributed by atoms with E-state index in [1.807, 2.05) is 23.8 Å². The van der Waals surface area contributed by atoms with Gasteiger partial charge in [0.2, 0.25) is 0 Å². The first-order valence-corrected chi connectivity index (χ1v) is 5.12. The van der Waals surface area contributed by atoms with Crippen LogP contribution in [0.25, 0.3) is 0 Å². The van der Waals surface area contributed by atoms with Crippen LogP contribution in [0.4, 0.5) is 0 Å². The first-order chi connectivity index (χ1) is 5.73. The van der Waals surface area contributed by atoms with E-state index in [9.17, 15) is 5.11 Å². The third kappa shape index (κ3) is 1.86. The van der Waals surface area contributed by atoms with E-state index in [4.69, 9.17) is 5.73 Å². The van der Waals surface area contributed by atoms with Crippen LogP contribution in [0.3, 0.4) is 0 Å². The SMILES string of the molecule is CCC(O)(CCN)c1ccsc1. The standard InChI is InChI=1S/C9H15NOS/c1-2-9(11,4-5-10)8-3-6-12-7-8/h3,6-7,11H,2,4-5,10H2,1H3. The Morgan fingerprint density at radius 3 is 2.83 bits per heavy atom. The number of hydrogen-bond donors (Lipinski definition) is 2. The number of nitrogens with two attached hydrogens (primary N) is 1. The Labute approximate surface area is 77.0 Å². The van der Waals surface area contributed by atoms with E-state index in [1.165, 1.54) is 0 Å². The van der Waals surface area contributed by atoms with Crippen molar-refractivity contribution >= 4 is 11.3 Å². The topological polar surface area (TPSA) is 46.2 Å². The molecule has 1 heterocycles. The fraction of sp³-hybridized carbons (Fsp3) is 0.556. The van der Waals surface area contributed by atoms with Gasteiger partial charge in [-0.25, -0.2) is 0 Å². The molecule has 3 N–H and O–H groups in total. The number of thiophene rings is 1. The molecule has 0 amide bonds. The Morgan fingerprint density at radius 2 is 2.42 bits per heavy atom. The predicted octanol–water partition coefficient (Wildman–Crippen LogP) is 1.69. The zero-order valence-corrected chi connectivity index (χ0v) is 8.10. The van der Waals surface area contributed by atoms with Crippen LogP contribution in [0.1, 0.15) is 25.3 Å². The highest BCUT2D eigenvalue weighted by molar-refractivity contribution is 7.08. The number of aliphatic hydroxyl groups is 1. The molecule has 1 aromatic heterocycles. The van der Waals surface area contributed by atoms with Crippen LogP contribution >= 0.6 is 11.3 Å². The summed E-state index contributed by atoms with van der Waals surface area (Å²) in [4.78, 5) is 0. The molecule has 0 bridgehead atoms. The van der Waals surface area contributed by atoms with Crippen LogP contribution in [0.15, 0.2) is 16.8 Å². The van der Waals surface area contributed by atoms with Gasteiger partial charge >= 0.3 is 0 Å². The molecule has 0 aliphatic rings. The minimum absolute atomic E-state index is 0.528. The second-order valence-electron chi connectivity index (χ2n) is 2.94. The summed E-state index contributed by atoms with van der Waals surface area (Å²) in [5, 5.41) is 14.1. The average molecular weight is 185 g/mol. The Hall–Kier alpha value is -0.380. The summed E-state index contributed by atoms with van der Waals surface area (Å²) in [6, 6.07) is 1.96. The van der Waals surface area contributed by atoms with Gasteiger partial charge in [0, 0.05) is 0 Å². The van der Waals surface area contributed by atoms with Crippen molar-refractivity contribution in [2.45, 2.75) is 25.4 Å². The van der Waals surface area contributed by atoms with Crippen molar-refractivity contribution in [2.75, 3.05) is 6.54 Å². The molecule has 0 spiro atoms. The maximum atomic E-state index is 10.1. The lowest BCUT2D eigenvalue weighted by Gasteiger charge is -2.25. The van der Waals surface area contributed by atoms with Gasteiger partial charge in [-0.15, -0.1) is 0 Å². The van der Waals surface area contributed by atoms with Gasteiger partial charge < -0.3 is 10.8 Å². The van der Waals surface area contributed by atoms with Gasteiger partial charge in [-0.05, 0) is 41.8 Å². The molecule has 1 aromatic rings. The summed E-state index contributed by atoms with van der Waals surface area (Å²) in [6.45, 7) is 2.51. The van der Waals surface area contributed by atoms with Gasteiger partial charge in [0.25, 0.3) is 0 Å². The molecule has 0 saturated carbocycles. The maximum Gasteiger partial charge on any atom is 0.0914 e. The summed E-state index contributed by atoms with van der Waals surface area (Å²) in [7, 11) is 0. The molecular weight excluding hydrogens is 170 g/mol. The van der Waals surface area contributed by atoms with Gasteiger partial charge in [0.15, 0.2) is 0 Å². The van der Waals surface area contributed by atoms with Gasteiger partial charge in [0.1, 0.15) is 0 Å². The molecule has 0 fully saturated rings. The molecule has 2 nitrogen and oxygen atoms in total. The fourth-order valence-electron chi connectivity index (χ4n) is 1.29. The molecule has 1 atom stereocenters. The molecule has 3 heteroatoms. The lowest BCUT2D eigenvalue weighted by Crippen LogP contribution is -2.27. The Morgan fingerprint density at radius 1 is 1.67 bits per heavy atom. The lowest BCUT2D eigenvalue weighted by molar-refractivity contribution is 0.0263. The van der Waals surface area contributed by atoms with Crippen molar-refractivity contribution < 1.29 is 5.11 Å². The van der Waals surface area contributed by atoms with Crippen molar-refractivity contribution in [1.29, 1.82) is 0 Å². The van der Waals surface area contributed by atoms with Crippen LogP contribution in [0.2, 0.25) is 0 Å². The van der Waals surface area contributed by atoms with E-state index in [0.29, 0.717) is 13.0 Å². The van der Waals surface area contributed by atoms with E-state index < -0.39 is 5.60 Å². The summed E-state index contributed by atoms with van der Waals surface area (Å²) >= 11 is 1.61. The second kappa shape index (κ2) is 4.03. The molecule has 0 aromatic carbocycles. The van der Waals surface area contributed by atoms with Gasteiger partial charge in [-0.2, -0.15) is 11.3 Å². The molecule has 0 aliphatic carbocycles. The quantitative estimate of drug-likeness (QED) is 0.750. The monoisotopic (exact) mass is 185 g/mol. The Balaban J connectivity index is 2.80. The maximum absolute atomic E-state index is 10.1. The minimum atomic E-state index is -0.700. The van der Waals surface area contributed by atoms with Crippen molar-refractivity contribution in [3.8, 4) is 0 Å². The first-order valence-electron chi connectivity index (χ1n) is 4.18. The van der Waals surface area contributed by atoms with Gasteiger partial charge in [0.05, 0.1) is 5.60 Å². The van der Waals surface area contributed by atoms with E-state index in [2.05, 4.69) is 0 Å². The Kier molecular flexibility index (Phi) is 3.26. The third-order valence-corrected chi connectivity index (χ3v) is 2.88. The van der Waals surface area contributed by atoms with E-state index in [0.717, 1.165) is 12.0 Å². The summed E-state index contributed by atoms with van der Waals surface area (Å²) in [5.74, 6) is 0. The average Bonchev–Trinajstić information content (AvgIpc) is 2.57. The van der Waals surface area contributed by atoms with Crippen LogP contribution in [-0.2, 0) is 5.60 Å². The van der Waals surface area contributed by atoms with E-state index in [1.54, 1.807) is 11.3 Å². The Bertz CT molecular complexity index is 222. The molecule has 0 saturated heterocycles. The third-order valence-electron chi connectivity index (χ3n) is 2.20. The van der Waals surface area contributed by atoms with Crippen LogP contribution in [-0.4, -0.2) is 11.7 Å². The summed E-state index contributed by atoms with van der Waals surface area (Å²) in [6.07, 6.45) is 1.36. The van der Waals surface area contributed by atoms with Crippen molar-refractivity contribution in [2.24, 2.45) is 5.73 Å². The normalized spacial score (nSPS) is 15.9. The molecule has 0 aliphatic heterocycles. The fourth-order valence-corrected chi connectivity index (χ4v) is 2.04. The van der Waals surface area contributed by atoms with Crippen molar-refractivity contribution in [3.05, 3.63) is 22.4 Å². The molecule has 68 valence electrons. The number of hydrogen-bond acceptors (Lipinski definition) is 3.